The molecule has 2 nitrogen and oxygen atoms in total. The molecule has 5 aromatic rings. The number of rotatable bonds is 3. The average molecular weight is 405 g/mol. The first-order valence-corrected chi connectivity index (χ1v) is 9.56. The summed E-state index contributed by atoms with van der Waals surface area (Å²) in [7, 11) is 0. The van der Waals surface area contributed by atoms with Gasteiger partial charge in [0.25, 0.3) is 0 Å². The Bertz CT molecular complexity index is 1350. The van der Waals surface area contributed by atoms with E-state index in [0.717, 1.165) is 21.9 Å². The van der Waals surface area contributed by atoms with Crippen molar-refractivity contribution in [1.29, 1.82) is 0 Å². The van der Waals surface area contributed by atoms with Crippen LogP contribution in [-0.4, -0.2) is 9.55 Å². The van der Waals surface area contributed by atoms with Crippen molar-refractivity contribution in [1.82, 2.24) is 9.55 Å². The SMILES string of the molecule is Fc1cccc(F)c1Cn1c(-c2cccc3ccccc23)nc2ccc(Cl)cc21. The van der Waals surface area contributed by atoms with Crippen LogP contribution in [0.25, 0.3) is 33.2 Å². The predicted octanol–water partition coefficient (Wildman–Crippen LogP) is 6.84. The minimum Gasteiger partial charge on any atom is -0.319 e. The summed E-state index contributed by atoms with van der Waals surface area (Å²) in [6.07, 6.45) is 0. The second-order valence-electron chi connectivity index (χ2n) is 6.88. The fraction of sp³-hybridized carbons (Fsp3) is 0.0417. The van der Waals surface area contributed by atoms with Gasteiger partial charge in [-0.25, -0.2) is 13.8 Å². The number of halogens is 3. The van der Waals surface area contributed by atoms with Gasteiger partial charge in [-0.15, -0.1) is 0 Å². The van der Waals surface area contributed by atoms with Gasteiger partial charge in [-0.1, -0.05) is 60.1 Å². The number of fused-ring (bicyclic) bond motifs is 2. The molecule has 0 saturated heterocycles. The Kier molecular flexibility index (Phi) is 4.29. The van der Waals surface area contributed by atoms with Crippen LogP contribution in [0.5, 0.6) is 0 Å². The number of benzene rings is 4. The van der Waals surface area contributed by atoms with Crippen molar-refractivity contribution in [2.45, 2.75) is 6.54 Å². The van der Waals surface area contributed by atoms with Crippen LogP contribution in [0.2, 0.25) is 5.02 Å². The average Bonchev–Trinajstić information content (AvgIpc) is 3.07. The fourth-order valence-electron chi connectivity index (χ4n) is 3.72. The van der Waals surface area contributed by atoms with E-state index in [0.29, 0.717) is 16.4 Å². The van der Waals surface area contributed by atoms with E-state index in [1.807, 2.05) is 53.1 Å². The second kappa shape index (κ2) is 6.98. The summed E-state index contributed by atoms with van der Waals surface area (Å²) in [5.41, 5.74) is 2.33. The van der Waals surface area contributed by atoms with E-state index < -0.39 is 11.6 Å². The quantitative estimate of drug-likeness (QED) is 0.322. The molecule has 5 heteroatoms. The summed E-state index contributed by atoms with van der Waals surface area (Å²) in [5.74, 6) is -0.530. The number of nitrogens with zero attached hydrogens (tertiary/aromatic N) is 2. The van der Waals surface area contributed by atoms with Gasteiger partial charge in [-0.3, -0.25) is 0 Å². The van der Waals surface area contributed by atoms with Crippen molar-refractivity contribution in [3.05, 3.63) is 101 Å². The molecule has 0 spiro atoms. The first-order chi connectivity index (χ1) is 14.1. The number of hydrogen-bond donors (Lipinski definition) is 0. The lowest BCUT2D eigenvalue weighted by molar-refractivity contribution is 0.547. The van der Waals surface area contributed by atoms with E-state index in [4.69, 9.17) is 16.6 Å². The Morgan fingerprint density at radius 2 is 1.55 bits per heavy atom. The summed E-state index contributed by atoms with van der Waals surface area (Å²) in [4.78, 5) is 4.79. The Morgan fingerprint density at radius 3 is 2.38 bits per heavy atom. The minimum absolute atomic E-state index is 0.00624. The lowest BCUT2D eigenvalue weighted by atomic mass is 10.0. The summed E-state index contributed by atoms with van der Waals surface area (Å²) >= 11 is 6.22. The smallest absolute Gasteiger partial charge is 0.142 e. The Balaban J connectivity index is 1.81. The molecular formula is C24H15ClF2N2. The first-order valence-electron chi connectivity index (χ1n) is 9.18. The number of hydrogen-bond acceptors (Lipinski definition) is 1. The highest BCUT2D eigenvalue weighted by Crippen LogP contribution is 2.33. The van der Waals surface area contributed by atoms with E-state index in [2.05, 4.69) is 0 Å². The van der Waals surface area contributed by atoms with Crippen molar-refractivity contribution in [3.63, 3.8) is 0 Å². The third-order valence-electron chi connectivity index (χ3n) is 5.12. The van der Waals surface area contributed by atoms with Gasteiger partial charge in [-0.05, 0) is 41.1 Å². The molecule has 0 bridgehead atoms. The standard InChI is InChI=1S/C24H15ClF2N2/c25-16-11-12-22-23(13-16)29(14-19-20(26)9-4-10-21(19)27)24(28-22)18-8-3-6-15-5-1-2-7-17(15)18/h1-13H,14H2. The van der Waals surface area contributed by atoms with Crippen LogP contribution in [0.4, 0.5) is 8.78 Å². The number of imidazole rings is 1. The molecule has 0 aliphatic carbocycles. The van der Waals surface area contributed by atoms with Gasteiger partial charge in [-0.2, -0.15) is 0 Å². The second-order valence-corrected chi connectivity index (χ2v) is 7.32. The van der Waals surface area contributed by atoms with Crippen LogP contribution in [0, 0.1) is 11.6 Å². The van der Waals surface area contributed by atoms with Crippen molar-refractivity contribution in [3.8, 4) is 11.4 Å². The Labute approximate surface area is 171 Å². The zero-order chi connectivity index (χ0) is 20.0. The molecule has 0 unspecified atom stereocenters. The molecule has 1 aromatic heterocycles. The van der Waals surface area contributed by atoms with Gasteiger partial charge < -0.3 is 4.57 Å². The highest BCUT2D eigenvalue weighted by molar-refractivity contribution is 6.31. The molecule has 0 aliphatic heterocycles. The lowest BCUT2D eigenvalue weighted by Crippen LogP contribution is -2.06. The summed E-state index contributed by atoms with van der Waals surface area (Å²) in [6, 6.07) is 23.2. The molecule has 0 saturated carbocycles. The molecule has 142 valence electrons. The molecule has 0 fully saturated rings. The first kappa shape index (κ1) is 17.8. The van der Waals surface area contributed by atoms with Crippen LogP contribution in [0.3, 0.4) is 0 Å². The van der Waals surface area contributed by atoms with Gasteiger partial charge in [0.1, 0.15) is 17.5 Å². The third kappa shape index (κ3) is 3.06. The molecule has 1 heterocycles. The monoisotopic (exact) mass is 404 g/mol. The third-order valence-corrected chi connectivity index (χ3v) is 5.35. The van der Waals surface area contributed by atoms with Crippen LogP contribution in [0.15, 0.2) is 78.9 Å². The molecule has 29 heavy (non-hydrogen) atoms. The van der Waals surface area contributed by atoms with Crippen LogP contribution in [0.1, 0.15) is 5.56 Å². The summed E-state index contributed by atoms with van der Waals surface area (Å²) in [6.45, 7) is 0.00784. The molecule has 0 N–H and O–H groups in total. The normalized spacial score (nSPS) is 11.4. The number of aromatic nitrogens is 2. The van der Waals surface area contributed by atoms with Gasteiger partial charge in [0.2, 0.25) is 0 Å². The Morgan fingerprint density at radius 1 is 0.828 bits per heavy atom. The van der Waals surface area contributed by atoms with Crippen LogP contribution < -0.4 is 0 Å². The van der Waals surface area contributed by atoms with E-state index in [1.165, 1.54) is 18.2 Å². The maximum atomic E-state index is 14.4. The summed E-state index contributed by atoms with van der Waals surface area (Å²) in [5, 5.41) is 2.63. The van der Waals surface area contributed by atoms with Gasteiger partial charge in [0, 0.05) is 16.1 Å². The maximum absolute atomic E-state index is 14.4. The molecule has 5 rings (SSSR count). The molecule has 4 aromatic carbocycles. The highest BCUT2D eigenvalue weighted by atomic mass is 35.5. The zero-order valence-corrected chi connectivity index (χ0v) is 16.0. The Hall–Kier alpha value is -3.24. The maximum Gasteiger partial charge on any atom is 0.142 e. The lowest BCUT2D eigenvalue weighted by Gasteiger charge is -2.13. The van der Waals surface area contributed by atoms with Crippen molar-refractivity contribution >= 4 is 33.4 Å². The highest BCUT2D eigenvalue weighted by Gasteiger charge is 2.18. The van der Waals surface area contributed by atoms with Crippen molar-refractivity contribution in [2.24, 2.45) is 0 Å². The van der Waals surface area contributed by atoms with E-state index in [-0.39, 0.29) is 12.1 Å². The minimum atomic E-state index is -0.585. The van der Waals surface area contributed by atoms with Crippen LogP contribution in [-0.2, 0) is 6.54 Å². The van der Waals surface area contributed by atoms with E-state index >= 15 is 0 Å². The van der Waals surface area contributed by atoms with Gasteiger partial charge >= 0.3 is 0 Å². The zero-order valence-electron chi connectivity index (χ0n) is 15.2. The molecular weight excluding hydrogens is 390 g/mol. The molecule has 0 atom stereocenters. The van der Waals surface area contributed by atoms with E-state index in [9.17, 15) is 8.78 Å². The van der Waals surface area contributed by atoms with Crippen molar-refractivity contribution in [2.75, 3.05) is 0 Å². The topological polar surface area (TPSA) is 17.8 Å². The van der Waals surface area contributed by atoms with Gasteiger partial charge in [0.05, 0.1) is 17.6 Å². The fourth-order valence-corrected chi connectivity index (χ4v) is 3.89. The predicted molar refractivity (Wildman–Crippen MR) is 113 cm³/mol. The largest absolute Gasteiger partial charge is 0.319 e. The van der Waals surface area contributed by atoms with Crippen LogP contribution >= 0.6 is 11.6 Å². The molecule has 0 amide bonds. The molecule has 0 aliphatic rings. The summed E-state index contributed by atoms with van der Waals surface area (Å²) < 4.78 is 30.6. The van der Waals surface area contributed by atoms with Crippen molar-refractivity contribution < 1.29 is 8.78 Å². The van der Waals surface area contributed by atoms with Gasteiger partial charge in [0.15, 0.2) is 0 Å². The molecule has 0 radical (unpaired) electrons. The van der Waals surface area contributed by atoms with E-state index in [1.54, 1.807) is 12.1 Å².